The highest BCUT2D eigenvalue weighted by molar-refractivity contribution is 7.71. The predicted molar refractivity (Wildman–Crippen MR) is 73.0 cm³/mol. The van der Waals surface area contributed by atoms with Gasteiger partial charge in [-0.25, -0.2) is 0 Å². The molecule has 0 radical (unpaired) electrons. The maximum absolute atomic E-state index is 8.97. The minimum atomic E-state index is 0.529. The molecule has 0 spiro atoms. The lowest BCUT2D eigenvalue weighted by Gasteiger charge is -2.03. The number of nitrogens with one attached hydrogen (secondary N) is 1. The van der Waals surface area contributed by atoms with Gasteiger partial charge < -0.3 is 9.55 Å². The summed E-state index contributed by atoms with van der Waals surface area (Å²) in [4.78, 5) is 3.12. The normalized spacial score (nSPS) is 10.5. The Labute approximate surface area is 114 Å². The average molecular weight is 267 g/mol. The van der Waals surface area contributed by atoms with E-state index < -0.39 is 0 Å². The molecule has 0 bridgehead atoms. The highest BCUT2D eigenvalue weighted by Gasteiger charge is 2.06. The van der Waals surface area contributed by atoms with Crippen molar-refractivity contribution in [2.24, 2.45) is 0 Å². The first-order chi connectivity index (χ1) is 9.28. The molecule has 0 amide bonds. The number of aromatic amines is 1. The van der Waals surface area contributed by atoms with Crippen LogP contribution in [-0.4, -0.2) is 19.7 Å². The van der Waals surface area contributed by atoms with Gasteiger partial charge in [0.15, 0.2) is 4.77 Å². The number of rotatable bonds is 2. The molecule has 6 heteroatoms. The number of aromatic nitrogens is 4. The minimum Gasteiger partial charge on any atom is -0.331 e. The van der Waals surface area contributed by atoms with Crippen LogP contribution < -0.4 is 0 Å². The van der Waals surface area contributed by atoms with Crippen molar-refractivity contribution in [2.45, 2.75) is 6.54 Å². The lowest BCUT2D eigenvalue weighted by atomic mass is 10.2. The summed E-state index contributed by atoms with van der Waals surface area (Å²) in [6, 6.07) is 11.3. The van der Waals surface area contributed by atoms with E-state index in [1.54, 1.807) is 12.3 Å². The third kappa shape index (κ3) is 2.11. The van der Waals surface area contributed by atoms with Crippen molar-refractivity contribution < 1.29 is 0 Å². The molecule has 1 aromatic carbocycles. The van der Waals surface area contributed by atoms with E-state index in [9.17, 15) is 0 Å². The number of benzene rings is 1. The van der Waals surface area contributed by atoms with Crippen LogP contribution in [0.2, 0.25) is 0 Å². The first kappa shape index (κ1) is 11.6. The SMILES string of the molecule is N#Cc1ccc2[nH]c(=S)n(Cc3cccnn3)c2c1. The maximum atomic E-state index is 8.97. The third-order valence-electron chi connectivity index (χ3n) is 2.85. The summed E-state index contributed by atoms with van der Waals surface area (Å²) in [6.45, 7) is 0.529. The summed E-state index contributed by atoms with van der Waals surface area (Å²) in [5.74, 6) is 0. The standard InChI is InChI=1S/C13H9N5S/c14-7-9-3-4-11-12(6-9)18(13(19)16-11)8-10-2-1-5-15-17-10/h1-6H,8H2,(H,16,19). The molecule has 5 nitrogen and oxygen atoms in total. The fourth-order valence-corrected chi connectivity index (χ4v) is 2.23. The van der Waals surface area contributed by atoms with Gasteiger partial charge in [-0.15, -0.1) is 0 Å². The van der Waals surface area contributed by atoms with Crippen LogP contribution in [0.5, 0.6) is 0 Å². The topological polar surface area (TPSA) is 70.3 Å². The lowest BCUT2D eigenvalue weighted by molar-refractivity contribution is 0.762. The summed E-state index contributed by atoms with van der Waals surface area (Å²) < 4.78 is 2.52. The Morgan fingerprint density at radius 1 is 1.37 bits per heavy atom. The molecule has 19 heavy (non-hydrogen) atoms. The Hall–Kier alpha value is -2.52. The van der Waals surface area contributed by atoms with E-state index in [2.05, 4.69) is 21.3 Å². The fourth-order valence-electron chi connectivity index (χ4n) is 1.96. The highest BCUT2D eigenvalue weighted by atomic mass is 32.1. The van der Waals surface area contributed by atoms with E-state index in [0.717, 1.165) is 16.7 Å². The average Bonchev–Trinajstić information content (AvgIpc) is 2.76. The summed E-state index contributed by atoms with van der Waals surface area (Å²) in [7, 11) is 0. The van der Waals surface area contributed by atoms with Crippen molar-refractivity contribution in [1.82, 2.24) is 19.7 Å². The number of fused-ring (bicyclic) bond motifs is 1. The monoisotopic (exact) mass is 267 g/mol. The van der Waals surface area contributed by atoms with Gasteiger partial charge in [-0.1, -0.05) is 0 Å². The fraction of sp³-hybridized carbons (Fsp3) is 0.0769. The number of hydrogen-bond donors (Lipinski definition) is 1. The van der Waals surface area contributed by atoms with Gasteiger partial charge in [0.05, 0.1) is 34.9 Å². The lowest BCUT2D eigenvalue weighted by Crippen LogP contribution is -2.02. The van der Waals surface area contributed by atoms with Crippen LogP contribution >= 0.6 is 12.2 Å². The second-order valence-corrected chi connectivity index (χ2v) is 4.46. The first-order valence-corrected chi connectivity index (χ1v) is 6.08. The van der Waals surface area contributed by atoms with Gasteiger partial charge in [0.1, 0.15) is 0 Å². The molecule has 0 atom stereocenters. The van der Waals surface area contributed by atoms with Crippen molar-refractivity contribution in [2.75, 3.05) is 0 Å². The molecule has 3 rings (SSSR count). The molecule has 0 aliphatic rings. The summed E-state index contributed by atoms with van der Waals surface area (Å²) in [6.07, 6.45) is 1.63. The molecule has 0 fully saturated rings. The number of nitriles is 1. The highest BCUT2D eigenvalue weighted by Crippen LogP contribution is 2.17. The molecule has 2 heterocycles. The van der Waals surface area contributed by atoms with Crippen molar-refractivity contribution >= 4 is 23.3 Å². The summed E-state index contributed by atoms with van der Waals surface area (Å²) >= 11 is 5.31. The van der Waals surface area contributed by atoms with Gasteiger partial charge in [0, 0.05) is 6.20 Å². The zero-order chi connectivity index (χ0) is 13.2. The molecule has 1 N–H and O–H groups in total. The van der Waals surface area contributed by atoms with Crippen molar-refractivity contribution in [3.8, 4) is 6.07 Å². The van der Waals surface area contributed by atoms with Gasteiger partial charge >= 0.3 is 0 Å². The van der Waals surface area contributed by atoms with Gasteiger partial charge in [0.2, 0.25) is 0 Å². The van der Waals surface area contributed by atoms with E-state index in [-0.39, 0.29) is 0 Å². The van der Waals surface area contributed by atoms with Crippen LogP contribution in [-0.2, 0) is 6.54 Å². The molecular weight excluding hydrogens is 258 g/mol. The first-order valence-electron chi connectivity index (χ1n) is 5.67. The molecule has 3 aromatic rings. The molecule has 0 aliphatic heterocycles. The largest absolute Gasteiger partial charge is 0.331 e. The van der Waals surface area contributed by atoms with Gasteiger partial charge in [-0.2, -0.15) is 15.5 Å². The van der Waals surface area contributed by atoms with Crippen molar-refractivity contribution in [3.05, 3.63) is 52.6 Å². The molecule has 92 valence electrons. The Kier molecular flexibility index (Phi) is 2.82. The van der Waals surface area contributed by atoms with Crippen LogP contribution in [0, 0.1) is 16.1 Å². The number of imidazole rings is 1. The Morgan fingerprint density at radius 2 is 2.26 bits per heavy atom. The van der Waals surface area contributed by atoms with E-state index in [0.29, 0.717) is 16.9 Å². The molecule has 0 aliphatic carbocycles. The van der Waals surface area contributed by atoms with Crippen LogP contribution in [0.3, 0.4) is 0 Å². The molecular formula is C13H9N5S. The van der Waals surface area contributed by atoms with E-state index >= 15 is 0 Å². The van der Waals surface area contributed by atoms with Crippen LogP contribution in [0.1, 0.15) is 11.3 Å². The Morgan fingerprint density at radius 3 is 3.00 bits per heavy atom. The van der Waals surface area contributed by atoms with E-state index in [1.807, 2.05) is 28.8 Å². The number of H-pyrrole nitrogens is 1. The molecule has 0 saturated carbocycles. The summed E-state index contributed by atoms with van der Waals surface area (Å²) in [5, 5.41) is 16.9. The van der Waals surface area contributed by atoms with Crippen molar-refractivity contribution in [3.63, 3.8) is 0 Å². The zero-order valence-electron chi connectivity index (χ0n) is 9.87. The Bertz CT molecular complexity index is 826. The third-order valence-corrected chi connectivity index (χ3v) is 3.17. The second-order valence-electron chi connectivity index (χ2n) is 4.08. The smallest absolute Gasteiger partial charge is 0.178 e. The zero-order valence-corrected chi connectivity index (χ0v) is 10.7. The van der Waals surface area contributed by atoms with Gasteiger partial charge in [0.25, 0.3) is 0 Å². The van der Waals surface area contributed by atoms with Crippen LogP contribution in [0.15, 0.2) is 36.5 Å². The van der Waals surface area contributed by atoms with E-state index in [1.165, 1.54) is 0 Å². The van der Waals surface area contributed by atoms with Crippen LogP contribution in [0.25, 0.3) is 11.0 Å². The maximum Gasteiger partial charge on any atom is 0.178 e. The Balaban J connectivity index is 2.15. The number of hydrogen-bond acceptors (Lipinski definition) is 4. The molecule has 0 saturated heterocycles. The quantitative estimate of drug-likeness (QED) is 0.724. The predicted octanol–water partition coefficient (Wildman–Crippen LogP) is 2.41. The second kappa shape index (κ2) is 4.63. The van der Waals surface area contributed by atoms with Gasteiger partial charge in [-0.3, -0.25) is 0 Å². The van der Waals surface area contributed by atoms with Gasteiger partial charge in [-0.05, 0) is 42.5 Å². The van der Waals surface area contributed by atoms with E-state index in [4.69, 9.17) is 17.5 Å². The van der Waals surface area contributed by atoms with Crippen molar-refractivity contribution in [1.29, 1.82) is 5.26 Å². The number of nitrogens with zero attached hydrogens (tertiary/aromatic N) is 4. The van der Waals surface area contributed by atoms with Crippen LogP contribution in [0.4, 0.5) is 0 Å². The minimum absolute atomic E-state index is 0.529. The molecule has 0 unspecified atom stereocenters. The molecule has 2 aromatic heterocycles. The summed E-state index contributed by atoms with van der Waals surface area (Å²) in [5.41, 5.74) is 3.24.